The van der Waals surface area contributed by atoms with E-state index in [2.05, 4.69) is 0 Å². The average Bonchev–Trinajstić information content (AvgIpc) is 2.60. The molecule has 5 nitrogen and oxygen atoms in total. The number of hydrogen-bond acceptors (Lipinski definition) is 3. The molecule has 0 aromatic heterocycles. The van der Waals surface area contributed by atoms with E-state index in [9.17, 15) is 9.59 Å². The lowest BCUT2D eigenvalue weighted by Crippen LogP contribution is -2.50. The van der Waals surface area contributed by atoms with Crippen LogP contribution >= 0.6 is 0 Å². The van der Waals surface area contributed by atoms with Gasteiger partial charge in [-0.1, -0.05) is 12.1 Å². The lowest BCUT2D eigenvalue weighted by Gasteiger charge is -2.38. The molecule has 0 atom stereocenters. The normalized spacial score (nSPS) is 13.9. The van der Waals surface area contributed by atoms with E-state index in [0.29, 0.717) is 5.56 Å². The van der Waals surface area contributed by atoms with Crippen LogP contribution in [0.15, 0.2) is 48.5 Å². The van der Waals surface area contributed by atoms with E-state index in [1.54, 1.807) is 21.9 Å². The molecule has 2 aromatic rings. The maximum absolute atomic E-state index is 13.0. The topological polar surface area (TPSA) is 43.9 Å². The molecule has 2 amide bonds. The highest BCUT2D eigenvalue weighted by Crippen LogP contribution is 2.35. The molecule has 0 spiro atoms. The number of nitrogens with zero attached hydrogens (tertiary/aromatic N) is 3. The van der Waals surface area contributed by atoms with Crippen LogP contribution in [0.3, 0.4) is 0 Å². The summed E-state index contributed by atoms with van der Waals surface area (Å²) in [6.07, 6.45) is 0. The van der Waals surface area contributed by atoms with Crippen molar-refractivity contribution >= 4 is 28.9 Å². The molecular formula is C20H23N3O2. The first kappa shape index (κ1) is 17.0. The van der Waals surface area contributed by atoms with Crippen LogP contribution in [0, 0.1) is 0 Å². The molecule has 1 aliphatic heterocycles. The summed E-state index contributed by atoms with van der Waals surface area (Å²) in [6.45, 7) is 4.02. The number of fused-ring (bicyclic) bond motifs is 1. The highest BCUT2D eigenvalue weighted by atomic mass is 16.2. The molecule has 5 heteroatoms. The Hall–Kier alpha value is -2.82. The summed E-state index contributed by atoms with van der Waals surface area (Å²) in [5, 5.41) is 0. The number of carbonyl (C=O) groups is 2. The summed E-state index contributed by atoms with van der Waals surface area (Å²) < 4.78 is 0. The SMILES string of the molecule is CC(C)N1C(=O)CN(C(=O)c2ccc(N(C)C)cc2)c2ccccc21. The fraction of sp³-hybridized carbons (Fsp3) is 0.300. The van der Waals surface area contributed by atoms with Crippen LogP contribution < -0.4 is 14.7 Å². The molecule has 0 saturated carbocycles. The predicted octanol–water partition coefficient (Wildman–Crippen LogP) is 3.15. The fourth-order valence-corrected chi connectivity index (χ4v) is 3.13. The van der Waals surface area contributed by atoms with Gasteiger partial charge in [-0.15, -0.1) is 0 Å². The van der Waals surface area contributed by atoms with Gasteiger partial charge in [0.2, 0.25) is 5.91 Å². The minimum absolute atomic E-state index is 0.0466. The van der Waals surface area contributed by atoms with Gasteiger partial charge in [0.1, 0.15) is 6.54 Å². The van der Waals surface area contributed by atoms with Gasteiger partial charge < -0.3 is 9.80 Å². The van der Waals surface area contributed by atoms with E-state index < -0.39 is 0 Å². The van der Waals surface area contributed by atoms with Crippen molar-refractivity contribution in [2.45, 2.75) is 19.9 Å². The highest BCUT2D eigenvalue weighted by molar-refractivity contribution is 6.16. The van der Waals surface area contributed by atoms with Crippen molar-refractivity contribution in [2.75, 3.05) is 35.3 Å². The molecule has 0 aliphatic carbocycles. The number of rotatable bonds is 3. The summed E-state index contributed by atoms with van der Waals surface area (Å²) in [7, 11) is 3.91. The number of amides is 2. The molecule has 0 bridgehead atoms. The van der Waals surface area contributed by atoms with Gasteiger partial charge in [-0.2, -0.15) is 0 Å². The van der Waals surface area contributed by atoms with E-state index in [1.165, 1.54) is 0 Å². The van der Waals surface area contributed by atoms with E-state index in [1.807, 2.05) is 69.2 Å². The number of benzene rings is 2. The van der Waals surface area contributed by atoms with E-state index in [4.69, 9.17) is 0 Å². The molecule has 3 rings (SSSR count). The Balaban J connectivity index is 1.98. The molecule has 1 heterocycles. The molecule has 0 unspecified atom stereocenters. The zero-order chi connectivity index (χ0) is 18.1. The maximum atomic E-state index is 13.0. The van der Waals surface area contributed by atoms with Gasteiger partial charge in [-0.05, 0) is 50.2 Å². The third kappa shape index (κ3) is 3.09. The molecular weight excluding hydrogens is 314 g/mol. The first-order chi connectivity index (χ1) is 11.9. The number of para-hydroxylation sites is 2. The first-order valence-electron chi connectivity index (χ1n) is 8.40. The summed E-state index contributed by atoms with van der Waals surface area (Å²) in [5.74, 6) is -0.221. The lowest BCUT2D eigenvalue weighted by atomic mass is 10.1. The predicted molar refractivity (Wildman–Crippen MR) is 102 cm³/mol. The summed E-state index contributed by atoms with van der Waals surface area (Å²) >= 11 is 0. The van der Waals surface area contributed by atoms with E-state index in [0.717, 1.165) is 17.1 Å². The van der Waals surface area contributed by atoms with Crippen LogP contribution in [0.1, 0.15) is 24.2 Å². The summed E-state index contributed by atoms with van der Waals surface area (Å²) in [6, 6.07) is 15.0. The summed E-state index contributed by atoms with van der Waals surface area (Å²) in [5.41, 5.74) is 3.16. The number of carbonyl (C=O) groups excluding carboxylic acids is 2. The average molecular weight is 337 g/mol. The van der Waals surface area contributed by atoms with E-state index in [-0.39, 0.29) is 24.4 Å². The van der Waals surface area contributed by atoms with E-state index >= 15 is 0 Å². The van der Waals surface area contributed by atoms with Crippen LogP contribution in [0.25, 0.3) is 0 Å². The van der Waals surface area contributed by atoms with Crippen LogP contribution in [0.2, 0.25) is 0 Å². The van der Waals surface area contributed by atoms with Crippen molar-refractivity contribution in [3.05, 3.63) is 54.1 Å². The van der Waals surface area contributed by atoms with Crippen LogP contribution in [-0.4, -0.2) is 38.5 Å². The molecule has 1 aliphatic rings. The molecule has 0 fully saturated rings. The Morgan fingerprint density at radius 2 is 1.60 bits per heavy atom. The molecule has 130 valence electrons. The number of hydrogen-bond donors (Lipinski definition) is 0. The molecule has 2 aromatic carbocycles. The second kappa shape index (κ2) is 6.59. The minimum Gasteiger partial charge on any atom is -0.378 e. The Kier molecular flexibility index (Phi) is 4.49. The zero-order valence-electron chi connectivity index (χ0n) is 15.1. The molecule has 0 radical (unpaired) electrons. The van der Waals surface area contributed by atoms with Crippen molar-refractivity contribution < 1.29 is 9.59 Å². The van der Waals surface area contributed by atoms with Crippen molar-refractivity contribution in [1.29, 1.82) is 0 Å². The smallest absolute Gasteiger partial charge is 0.258 e. The van der Waals surface area contributed by atoms with Gasteiger partial charge in [0.25, 0.3) is 5.91 Å². The van der Waals surface area contributed by atoms with Gasteiger partial charge in [-0.3, -0.25) is 14.5 Å². The molecule has 25 heavy (non-hydrogen) atoms. The van der Waals surface area contributed by atoms with Gasteiger partial charge in [0.15, 0.2) is 0 Å². The molecule has 0 saturated heterocycles. The van der Waals surface area contributed by atoms with Gasteiger partial charge in [-0.25, -0.2) is 0 Å². The highest BCUT2D eigenvalue weighted by Gasteiger charge is 2.33. The van der Waals surface area contributed by atoms with Crippen molar-refractivity contribution in [3.63, 3.8) is 0 Å². The minimum atomic E-state index is -0.158. The van der Waals surface area contributed by atoms with Crippen molar-refractivity contribution in [2.24, 2.45) is 0 Å². The summed E-state index contributed by atoms with van der Waals surface area (Å²) in [4.78, 5) is 30.9. The quantitative estimate of drug-likeness (QED) is 0.864. The Morgan fingerprint density at radius 1 is 1.00 bits per heavy atom. The Labute approximate surface area is 148 Å². The van der Waals surface area contributed by atoms with Gasteiger partial charge in [0, 0.05) is 31.4 Å². The third-order valence-electron chi connectivity index (χ3n) is 4.39. The fourth-order valence-electron chi connectivity index (χ4n) is 3.13. The second-order valence-corrected chi connectivity index (χ2v) is 6.68. The lowest BCUT2D eigenvalue weighted by molar-refractivity contribution is -0.117. The maximum Gasteiger partial charge on any atom is 0.258 e. The Bertz CT molecular complexity index is 797. The second-order valence-electron chi connectivity index (χ2n) is 6.68. The third-order valence-corrected chi connectivity index (χ3v) is 4.39. The largest absolute Gasteiger partial charge is 0.378 e. The van der Waals surface area contributed by atoms with Crippen LogP contribution in [0.4, 0.5) is 17.1 Å². The monoisotopic (exact) mass is 337 g/mol. The van der Waals surface area contributed by atoms with Crippen molar-refractivity contribution in [1.82, 2.24) is 0 Å². The molecule has 0 N–H and O–H groups in total. The van der Waals surface area contributed by atoms with Gasteiger partial charge >= 0.3 is 0 Å². The zero-order valence-corrected chi connectivity index (χ0v) is 15.1. The van der Waals surface area contributed by atoms with Crippen LogP contribution in [0.5, 0.6) is 0 Å². The Morgan fingerprint density at radius 3 is 2.16 bits per heavy atom. The standard InChI is InChI=1S/C20H23N3O2/c1-14(2)23-18-8-6-5-7-17(18)22(13-19(23)24)20(25)15-9-11-16(12-10-15)21(3)4/h5-12,14H,13H2,1-4H3. The number of anilines is 3. The van der Waals surface area contributed by atoms with Gasteiger partial charge in [0.05, 0.1) is 11.4 Å². The van der Waals surface area contributed by atoms with Crippen LogP contribution in [-0.2, 0) is 4.79 Å². The first-order valence-corrected chi connectivity index (χ1v) is 8.40. The van der Waals surface area contributed by atoms with Crippen molar-refractivity contribution in [3.8, 4) is 0 Å².